The maximum Gasteiger partial charge on any atom is 0.416 e. The van der Waals surface area contributed by atoms with Gasteiger partial charge in [0.15, 0.2) is 12.0 Å². The molecule has 3 rings (SSSR count). The highest BCUT2D eigenvalue weighted by Crippen LogP contribution is 2.38. The second-order valence-corrected chi connectivity index (χ2v) is 6.15. The number of nitrogens with two attached hydrogens (primary N) is 1. The lowest BCUT2D eigenvalue weighted by Crippen LogP contribution is -2.29. The largest absolute Gasteiger partial charge is 0.466 e. The number of carbonyl (C=O) groups excluding carboxylic acids is 1. The molecule has 0 saturated heterocycles. The average Bonchev–Trinajstić information content (AvgIpc) is 3.06. The Morgan fingerprint density at radius 2 is 2.09 bits per heavy atom. The predicted molar refractivity (Wildman–Crippen MR) is 77.6 cm³/mol. The Kier molecular flexibility index (Phi) is 3.68. The van der Waals surface area contributed by atoms with Crippen LogP contribution in [-0.4, -0.2) is 17.1 Å². The third-order valence-corrected chi connectivity index (χ3v) is 4.68. The molecule has 2 atom stereocenters. The van der Waals surface area contributed by atoms with Gasteiger partial charge < -0.3 is 10.5 Å². The number of carbonyl (C=O) groups is 1. The van der Waals surface area contributed by atoms with E-state index in [1.165, 1.54) is 23.9 Å². The molecule has 0 spiro atoms. The maximum absolute atomic E-state index is 12.8. The van der Waals surface area contributed by atoms with E-state index in [2.05, 4.69) is 0 Å². The lowest BCUT2D eigenvalue weighted by molar-refractivity contribution is -0.137. The van der Waals surface area contributed by atoms with Crippen molar-refractivity contribution < 1.29 is 22.7 Å². The van der Waals surface area contributed by atoms with Crippen molar-refractivity contribution in [3.05, 3.63) is 52.8 Å². The second-order valence-electron chi connectivity index (χ2n) is 5.00. The van der Waals surface area contributed by atoms with E-state index in [1.807, 2.05) is 11.5 Å². The van der Waals surface area contributed by atoms with Crippen LogP contribution in [0.3, 0.4) is 0 Å². The summed E-state index contributed by atoms with van der Waals surface area (Å²) in [7, 11) is 0. The Morgan fingerprint density at radius 1 is 1.32 bits per heavy atom. The number of allylic oxidation sites excluding steroid dienone is 1. The molecule has 7 heteroatoms. The highest BCUT2D eigenvalue weighted by molar-refractivity contribution is 8.03. The zero-order valence-electron chi connectivity index (χ0n) is 11.3. The van der Waals surface area contributed by atoms with Crippen LogP contribution in [0.2, 0.25) is 0 Å². The van der Waals surface area contributed by atoms with Gasteiger partial charge in [-0.2, -0.15) is 13.2 Å². The number of hydrogen-bond donors (Lipinski definition) is 1. The van der Waals surface area contributed by atoms with Crippen LogP contribution in [0.4, 0.5) is 13.2 Å². The minimum Gasteiger partial charge on any atom is -0.466 e. The van der Waals surface area contributed by atoms with Gasteiger partial charge in [0.05, 0.1) is 16.4 Å². The highest BCUT2D eigenvalue weighted by atomic mass is 32.2. The molecule has 2 aliphatic heterocycles. The topological polar surface area (TPSA) is 52.3 Å². The van der Waals surface area contributed by atoms with Gasteiger partial charge in [0.1, 0.15) is 0 Å². The third kappa shape index (κ3) is 2.61. The number of rotatable bonds is 2. The molecular weight excluding hydrogens is 315 g/mol. The van der Waals surface area contributed by atoms with Gasteiger partial charge in [-0.15, -0.1) is 11.8 Å². The van der Waals surface area contributed by atoms with E-state index in [1.54, 1.807) is 0 Å². The zero-order valence-corrected chi connectivity index (χ0v) is 12.1. The second kappa shape index (κ2) is 5.39. The fourth-order valence-electron chi connectivity index (χ4n) is 2.49. The Bertz CT molecular complexity index is 674. The first-order valence-corrected chi connectivity index (χ1v) is 7.51. The Morgan fingerprint density at radius 3 is 2.73 bits per heavy atom. The van der Waals surface area contributed by atoms with Crippen molar-refractivity contribution in [3.63, 3.8) is 0 Å². The van der Waals surface area contributed by atoms with Crippen molar-refractivity contribution in [2.24, 2.45) is 5.73 Å². The van der Waals surface area contributed by atoms with Crippen LogP contribution in [0, 0.1) is 0 Å². The SMILES string of the molecule is NC1=C(c2cccc(C(F)(F)F)c2)C(=O)C(C2CC=CS2)O1. The van der Waals surface area contributed by atoms with E-state index in [-0.39, 0.29) is 28.1 Å². The van der Waals surface area contributed by atoms with Gasteiger partial charge >= 0.3 is 6.18 Å². The van der Waals surface area contributed by atoms with E-state index in [0.29, 0.717) is 6.42 Å². The summed E-state index contributed by atoms with van der Waals surface area (Å²) in [4.78, 5) is 12.5. The fraction of sp³-hybridized carbons (Fsp3) is 0.267. The molecule has 0 aliphatic carbocycles. The normalized spacial score (nSPS) is 25.0. The average molecular weight is 327 g/mol. The van der Waals surface area contributed by atoms with E-state index in [4.69, 9.17) is 10.5 Å². The van der Waals surface area contributed by atoms with Crippen molar-refractivity contribution in [3.8, 4) is 0 Å². The molecule has 0 bridgehead atoms. The quantitative estimate of drug-likeness (QED) is 0.905. The van der Waals surface area contributed by atoms with Crippen molar-refractivity contribution in [2.75, 3.05) is 0 Å². The molecule has 2 heterocycles. The number of alkyl halides is 3. The van der Waals surface area contributed by atoms with E-state index in [0.717, 1.165) is 12.1 Å². The summed E-state index contributed by atoms with van der Waals surface area (Å²) >= 11 is 1.46. The lowest BCUT2D eigenvalue weighted by Gasteiger charge is -2.16. The number of thioether (sulfide) groups is 1. The van der Waals surface area contributed by atoms with Crippen molar-refractivity contribution >= 4 is 23.1 Å². The Labute approximate surface area is 129 Å². The number of ketones is 1. The standard InChI is InChI=1S/C15H12F3NO2S/c16-15(17,18)9-4-1-3-8(7-9)11-12(20)13(21-14(11)19)10-5-2-6-22-10/h1-4,6-7,10,13H,5,19H2. The van der Waals surface area contributed by atoms with Gasteiger partial charge in [-0.05, 0) is 29.5 Å². The third-order valence-electron chi connectivity index (χ3n) is 3.54. The molecule has 3 nitrogen and oxygen atoms in total. The summed E-state index contributed by atoms with van der Waals surface area (Å²) in [5, 5.41) is 1.79. The lowest BCUT2D eigenvalue weighted by atomic mass is 9.97. The minimum absolute atomic E-state index is 0.0311. The van der Waals surface area contributed by atoms with Crippen LogP contribution in [0.1, 0.15) is 17.5 Å². The first kappa shape index (κ1) is 15.0. The molecule has 22 heavy (non-hydrogen) atoms. The molecule has 2 N–H and O–H groups in total. The summed E-state index contributed by atoms with van der Waals surface area (Å²) in [6, 6.07) is 4.56. The number of ether oxygens (including phenoxy) is 1. The number of hydrogen-bond acceptors (Lipinski definition) is 4. The van der Waals surface area contributed by atoms with Gasteiger partial charge in [-0.1, -0.05) is 18.2 Å². The van der Waals surface area contributed by atoms with Crippen LogP contribution in [-0.2, 0) is 15.7 Å². The Balaban J connectivity index is 1.91. The summed E-state index contributed by atoms with van der Waals surface area (Å²) in [6.07, 6.45) is -2.63. The molecule has 0 aromatic heterocycles. The molecule has 1 aromatic rings. The molecule has 2 aliphatic rings. The van der Waals surface area contributed by atoms with Crippen LogP contribution >= 0.6 is 11.8 Å². The fourth-order valence-corrected chi connectivity index (χ4v) is 3.46. The smallest absolute Gasteiger partial charge is 0.416 e. The summed E-state index contributed by atoms with van der Waals surface area (Å²) in [5.74, 6) is -0.472. The summed E-state index contributed by atoms with van der Waals surface area (Å²) < 4.78 is 43.8. The van der Waals surface area contributed by atoms with Crippen LogP contribution < -0.4 is 5.73 Å². The summed E-state index contributed by atoms with van der Waals surface area (Å²) in [5.41, 5.74) is 5.09. The van der Waals surface area contributed by atoms with Crippen LogP contribution in [0.5, 0.6) is 0 Å². The Hall–Kier alpha value is -1.89. The zero-order chi connectivity index (χ0) is 15.9. The molecule has 2 unspecified atom stereocenters. The highest BCUT2D eigenvalue weighted by Gasteiger charge is 2.41. The molecule has 0 saturated carbocycles. The van der Waals surface area contributed by atoms with Crippen LogP contribution in [0.25, 0.3) is 5.57 Å². The molecular formula is C15H12F3NO2S. The van der Waals surface area contributed by atoms with Gasteiger partial charge in [-0.3, -0.25) is 4.79 Å². The van der Waals surface area contributed by atoms with E-state index < -0.39 is 17.8 Å². The van der Waals surface area contributed by atoms with E-state index in [9.17, 15) is 18.0 Å². The molecule has 1 aromatic carbocycles. The van der Waals surface area contributed by atoms with Gasteiger partial charge in [0.2, 0.25) is 5.78 Å². The van der Waals surface area contributed by atoms with Gasteiger partial charge in [0.25, 0.3) is 0 Å². The van der Waals surface area contributed by atoms with Crippen molar-refractivity contribution in [2.45, 2.75) is 24.0 Å². The number of Topliss-reactive ketones (excluding diaryl/α,β-unsaturated/α-hetero) is 1. The maximum atomic E-state index is 12.8. The molecule has 0 fully saturated rings. The molecule has 0 radical (unpaired) electrons. The predicted octanol–water partition coefficient (Wildman–Crippen LogP) is 3.32. The monoisotopic (exact) mass is 327 g/mol. The number of halogens is 3. The minimum atomic E-state index is -4.47. The molecule has 116 valence electrons. The first-order valence-electron chi connectivity index (χ1n) is 6.56. The summed E-state index contributed by atoms with van der Waals surface area (Å²) in [6.45, 7) is 0. The van der Waals surface area contributed by atoms with Gasteiger partial charge in [0, 0.05) is 0 Å². The van der Waals surface area contributed by atoms with Crippen molar-refractivity contribution in [1.29, 1.82) is 0 Å². The molecule has 0 amide bonds. The van der Waals surface area contributed by atoms with Gasteiger partial charge in [-0.25, -0.2) is 0 Å². The van der Waals surface area contributed by atoms with Crippen molar-refractivity contribution in [1.82, 2.24) is 0 Å². The first-order chi connectivity index (χ1) is 10.4. The van der Waals surface area contributed by atoms with E-state index >= 15 is 0 Å². The number of benzene rings is 1. The van der Waals surface area contributed by atoms with Crippen LogP contribution in [0.15, 0.2) is 41.6 Å².